The number of aliphatic carboxylic acids is 1. The third-order valence-electron chi connectivity index (χ3n) is 4.50. The van der Waals surface area contributed by atoms with Crippen LogP contribution in [-0.4, -0.2) is 41.1 Å². The van der Waals surface area contributed by atoms with Crippen molar-refractivity contribution in [2.45, 2.75) is 12.2 Å². The summed E-state index contributed by atoms with van der Waals surface area (Å²) in [5.74, 6) is -4.77. The Morgan fingerprint density at radius 1 is 0.771 bits per heavy atom. The number of carbonyl (C=O) groups is 4. The fourth-order valence-electron chi connectivity index (χ4n) is 2.81. The molecule has 0 aliphatic carbocycles. The fraction of sp³-hybridized carbons (Fsp3) is 0.0833. The van der Waals surface area contributed by atoms with Crippen molar-refractivity contribution in [2.24, 2.45) is 0 Å². The van der Waals surface area contributed by atoms with Gasteiger partial charge in [0, 0.05) is 19.3 Å². The number of carboxylic acid groups (broad SMARTS) is 1. The largest absolute Gasteiger partial charge is 0.478 e. The summed E-state index contributed by atoms with van der Waals surface area (Å²) in [5, 5.41) is 13.0. The molecule has 2 atom stereocenters. The molecule has 180 valence electrons. The summed E-state index contributed by atoms with van der Waals surface area (Å²) >= 11 is 13.7. The van der Waals surface area contributed by atoms with Crippen LogP contribution in [0.5, 0.6) is 0 Å². The molecule has 0 fully saturated rings. The highest BCUT2D eigenvalue weighted by Gasteiger charge is 2.41. The summed E-state index contributed by atoms with van der Waals surface area (Å²) in [6, 6.07) is 17.6. The maximum absolute atomic E-state index is 13.1. The van der Waals surface area contributed by atoms with E-state index in [1.165, 1.54) is 48.5 Å². The number of benzene rings is 3. The van der Waals surface area contributed by atoms with E-state index in [-0.39, 0.29) is 11.1 Å². The maximum Gasteiger partial charge on any atom is 0.349 e. The summed E-state index contributed by atoms with van der Waals surface area (Å²) in [4.78, 5) is 50.4. The second kappa shape index (κ2) is 12.0. The SMILES string of the molecule is O=C(O[C@H](C(=O)O)[C@@H](OC(=O)c1ccc(Cl)cc1)C(=O)Nc1cccc(I)c1)c1ccc(Cl)cc1. The van der Waals surface area contributed by atoms with Gasteiger partial charge in [0.1, 0.15) is 0 Å². The second-order valence-corrected chi connectivity index (χ2v) is 9.12. The first kappa shape index (κ1) is 26.5. The van der Waals surface area contributed by atoms with Crippen molar-refractivity contribution in [1.82, 2.24) is 0 Å². The van der Waals surface area contributed by atoms with Crippen molar-refractivity contribution in [3.05, 3.63) is 97.5 Å². The summed E-state index contributed by atoms with van der Waals surface area (Å²) < 4.78 is 11.1. The van der Waals surface area contributed by atoms with Crippen LogP contribution in [-0.2, 0) is 19.1 Å². The smallest absolute Gasteiger partial charge is 0.349 e. The maximum atomic E-state index is 13.1. The Bertz CT molecular complexity index is 1250. The van der Waals surface area contributed by atoms with Gasteiger partial charge in [-0.1, -0.05) is 29.3 Å². The van der Waals surface area contributed by atoms with Gasteiger partial charge in [0.25, 0.3) is 5.91 Å². The van der Waals surface area contributed by atoms with E-state index in [0.717, 1.165) is 3.57 Å². The van der Waals surface area contributed by atoms with Gasteiger partial charge >= 0.3 is 17.9 Å². The molecular formula is C24H16Cl2INO7. The minimum absolute atomic E-state index is 0.00891. The van der Waals surface area contributed by atoms with Crippen LogP contribution >= 0.6 is 45.8 Å². The molecule has 2 N–H and O–H groups in total. The Morgan fingerprint density at radius 3 is 1.71 bits per heavy atom. The molecule has 1 amide bonds. The molecule has 3 aromatic rings. The van der Waals surface area contributed by atoms with E-state index in [4.69, 9.17) is 32.7 Å². The number of hydrogen-bond acceptors (Lipinski definition) is 6. The van der Waals surface area contributed by atoms with E-state index >= 15 is 0 Å². The molecule has 0 saturated heterocycles. The highest BCUT2D eigenvalue weighted by molar-refractivity contribution is 14.1. The summed E-state index contributed by atoms with van der Waals surface area (Å²) in [6.07, 6.45) is -4.18. The lowest BCUT2D eigenvalue weighted by Gasteiger charge is -2.23. The quantitative estimate of drug-likeness (QED) is 0.264. The second-order valence-electron chi connectivity index (χ2n) is 7.00. The number of anilines is 1. The molecule has 0 unspecified atom stereocenters. The molecule has 0 spiro atoms. The number of halogens is 3. The number of carboxylic acids is 1. The van der Waals surface area contributed by atoms with Crippen LogP contribution in [0.1, 0.15) is 20.7 Å². The minimum Gasteiger partial charge on any atom is -0.478 e. The Hall–Kier alpha value is -3.15. The number of nitrogens with one attached hydrogen (secondary N) is 1. The zero-order valence-electron chi connectivity index (χ0n) is 17.6. The van der Waals surface area contributed by atoms with Gasteiger partial charge < -0.3 is 19.9 Å². The van der Waals surface area contributed by atoms with Gasteiger partial charge in [-0.15, -0.1) is 0 Å². The number of rotatable bonds is 8. The Balaban J connectivity index is 1.90. The number of ether oxygens (including phenoxy) is 2. The van der Waals surface area contributed by atoms with Crippen LogP contribution in [0.3, 0.4) is 0 Å². The molecule has 35 heavy (non-hydrogen) atoms. The molecule has 0 bridgehead atoms. The number of esters is 2. The van der Waals surface area contributed by atoms with Crippen molar-refractivity contribution in [3.63, 3.8) is 0 Å². The van der Waals surface area contributed by atoms with E-state index in [1.54, 1.807) is 24.3 Å². The van der Waals surface area contributed by atoms with Crippen LogP contribution in [0.25, 0.3) is 0 Å². The summed E-state index contributed by atoms with van der Waals surface area (Å²) in [6.45, 7) is 0. The van der Waals surface area contributed by atoms with E-state index in [2.05, 4.69) is 5.32 Å². The molecule has 8 nitrogen and oxygen atoms in total. The van der Waals surface area contributed by atoms with Crippen LogP contribution < -0.4 is 5.32 Å². The van der Waals surface area contributed by atoms with Crippen molar-refractivity contribution in [1.29, 1.82) is 0 Å². The first-order chi connectivity index (χ1) is 16.6. The normalized spacial score (nSPS) is 12.2. The van der Waals surface area contributed by atoms with Crippen molar-refractivity contribution < 1.29 is 33.8 Å². The van der Waals surface area contributed by atoms with E-state index in [1.807, 2.05) is 22.6 Å². The van der Waals surface area contributed by atoms with E-state index in [0.29, 0.717) is 15.7 Å². The van der Waals surface area contributed by atoms with Gasteiger partial charge in [0.2, 0.25) is 12.2 Å². The molecule has 0 aromatic heterocycles. The van der Waals surface area contributed by atoms with Gasteiger partial charge in [-0.25, -0.2) is 14.4 Å². The lowest BCUT2D eigenvalue weighted by Crippen LogP contribution is -2.48. The third kappa shape index (κ3) is 7.41. The van der Waals surface area contributed by atoms with Gasteiger partial charge in [-0.05, 0) is 89.3 Å². The highest BCUT2D eigenvalue weighted by atomic mass is 127. The Morgan fingerprint density at radius 2 is 1.26 bits per heavy atom. The van der Waals surface area contributed by atoms with Gasteiger partial charge in [-0.3, -0.25) is 4.79 Å². The molecule has 0 aliphatic rings. The average Bonchev–Trinajstić information content (AvgIpc) is 2.81. The van der Waals surface area contributed by atoms with Gasteiger partial charge in [-0.2, -0.15) is 0 Å². The monoisotopic (exact) mass is 627 g/mol. The van der Waals surface area contributed by atoms with Crippen molar-refractivity contribution in [3.8, 4) is 0 Å². The van der Waals surface area contributed by atoms with Crippen LogP contribution in [0.4, 0.5) is 5.69 Å². The zero-order chi connectivity index (χ0) is 25.5. The molecule has 0 radical (unpaired) electrons. The molecule has 11 heteroatoms. The summed E-state index contributed by atoms with van der Waals surface area (Å²) in [7, 11) is 0. The standard InChI is InChI=1S/C24H16Cl2INO7/c25-15-8-4-13(5-9-15)23(32)34-19(21(29)28-18-3-1-2-17(27)12-18)20(22(30)31)35-24(33)14-6-10-16(26)11-7-14/h1-12,19-20H,(H,28,29)(H,30,31)/t19-,20+/m1/s1. The average molecular weight is 628 g/mol. The molecule has 0 heterocycles. The lowest BCUT2D eigenvalue weighted by atomic mass is 10.1. The highest BCUT2D eigenvalue weighted by Crippen LogP contribution is 2.19. The predicted octanol–water partition coefficient (Wildman–Crippen LogP) is 5.07. The first-order valence-corrected chi connectivity index (χ1v) is 11.7. The van der Waals surface area contributed by atoms with Gasteiger partial charge in [0.15, 0.2) is 0 Å². The summed E-state index contributed by atoms with van der Waals surface area (Å²) in [5.41, 5.74) is 0.318. The van der Waals surface area contributed by atoms with E-state index < -0.39 is 36.0 Å². The van der Waals surface area contributed by atoms with Crippen LogP contribution in [0.15, 0.2) is 72.8 Å². The fourth-order valence-corrected chi connectivity index (χ4v) is 3.61. The Labute approximate surface area is 223 Å². The molecular weight excluding hydrogens is 612 g/mol. The number of carbonyl (C=O) groups excluding carboxylic acids is 3. The molecule has 3 rings (SSSR count). The topological polar surface area (TPSA) is 119 Å². The third-order valence-corrected chi connectivity index (χ3v) is 5.67. The van der Waals surface area contributed by atoms with Crippen molar-refractivity contribution >= 4 is 75.3 Å². The molecule has 0 aliphatic heterocycles. The minimum atomic E-state index is -2.16. The van der Waals surface area contributed by atoms with E-state index in [9.17, 15) is 24.3 Å². The van der Waals surface area contributed by atoms with Crippen LogP contribution in [0, 0.1) is 3.57 Å². The predicted molar refractivity (Wildman–Crippen MR) is 137 cm³/mol. The van der Waals surface area contributed by atoms with Gasteiger partial charge in [0.05, 0.1) is 11.1 Å². The van der Waals surface area contributed by atoms with Crippen LogP contribution in [0.2, 0.25) is 10.0 Å². The molecule has 0 saturated carbocycles. The lowest BCUT2D eigenvalue weighted by molar-refractivity contribution is -0.157. The zero-order valence-corrected chi connectivity index (χ0v) is 21.3. The van der Waals surface area contributed by atoms with Crippen molar-refractivity contribution in [2.75, 3.05) is 5.32 Å². The Kier molecular flexibility index (Phi) is 9.07. The number of amides is 1. The molecule has 3 aromatic carbocycles. The number of hydrogen-bond donors (Lipinski definition) is 2. The first-order valence-electron chi connectivity index (χ1n) is 9.86.